The first kappa shape index (κ1) is 27.0. The number of ether oxygens (including phenoxy) is 2. The van der Waals surface area contributed by atoms with Crippen molar-refractivity contribution in [3.05, 3.63) is 46.2 Å². The molecule has 11 heteroatoms. The van der Waals surface area contributed by atoms with Gasteiger partial charge in [-0.15, -0.1) is 0 Å². The van der Waals surface area contributed by atoms with Gasteiger partial charge in [-0.25, -0.2) is 15.0 Å². The molecule has 0 amide bonds. The number of aromatic nitrogens is 4. The molecule has 2 atom stereocenters. The van der Waals surface area contributed by atoms with Gasteiger partial charge in [0.05, 0.1) is 47.4 Å². The van der Waals surface area contributed by atoms with E-state index in [0.717, 1.165) is 56.1 Å². The second-order valence-electron chi connectivity index (χ2n) is 11.6. The molecular formula is C28H35ClN6O3S. The van der Waals surface area contributed by atoms with Gasteiger partial charge >= 0.3 is 0 Å². The predicted molar refractivity (Wildman–Crippen MR) is 153 cm³/mol. The molecule has 0 radical (unpaired) electrons. The number of rotatable bonds is 5. The molecule has 1 aromatic carbocycles. The van der Waals surface area contributed by atoms with E-state index in [0.29, 0.717) is 40.7 Å². The molecule has 1 spiro atoms. The quantitative estimate of drug-likeness (QED) is 0.484. The Morgan fingerprint density at radius 2 is 1.90 bits per heavy atom. The van der Waals surface area contributed by atoms with E-state index >= 15 is 0 Å². The van der Waals surface area contributed by atoms with Gasteiger partial charge in [0.15, 0.2) is 0 Å². The molecule has 6 rings (SSSR count). The number of hydrogen-bond donors (Lipinski definition) is 1. The molecular weight excluding hydrogens is 536 g/mol. The fourth-order valence-electron chi connectivity index (χ4n) is 6.10. The fraction of sp³-hybridized carbons (Fsp3) is 0.571. The van der Waals surface area contributed by atoms with Crippen molar-refractivity contribution in [3.63, 3.8) is 0 Å². The Morgan fingerprint density at radius 3 is 2.56 bits per heavy atom. The Balaban J connectivity index is 1.17. The Labute approximate surface area is 237 Å². The smallest absolute Gasteiger partial charge is 0.262 e. The van der Waals surface area contributed by atoms with Crippen LogP contribution in [0.1, 0.15) is 39.5 Å². The molecule has 3 saturated heterocycles. The highest BCUT2D eigenvalue weighted by molar-refractivity contribution is 7.99. The third-order valence-electron chi connectivity index (χ3n) is 8.91. The second kappa shape index (κ2) is 10.6. The van der Waals surface area contributed by atoms with E-state index in [9.17, 15) is 4.79 Å². The average molecular weight is 571 g/mol. The lowest BCUT2D eigenvalue weighted by molar-refractivity contribution is 0.0150. The molecule has 5 heterocycles. The van der Waals surface area contributed by atoms with Crippen molar-refractivity contribution < 1.29 is 9.47 Å². The summed E-state index contributed by atoms with van der Waals surface area (Å²) in [5.74, 6) is 0.855. The van der Waals surface area contributed by atoms with Gasteiger partial charge in [0.25, 0.3) is 5.56 Å². The van der Waals surface area contributed by atoms with Gasteiger partial charge in [0.1, 0.15) is 10.8 Å². The van der Waals surface area contributed by atoms with E-state index in [1.54, 1.807) is 17.1 Å². The zero-order valence-corrected chi connectivity index (χ0v) is 24.0. The lowest BCUT2D eigenvalue weighted by Gasteiger charge is -2.41. The van der Waals surface area contributed by atoms with Crippen molar-refractivity contribution in [2.45, 2.75) is 68.1 Å². The van der Waals surface area contributed by atoms with Crippen LogP contribution in [-0.4, -0.2) is 64.6 Å². The first-order valence-corrected chi connectivity index (χ1v) is 14.8. The van der Waals surface area contributed by atoms with Crippen molar-refractivity contribution in [2.75, 3.05) is 37.8 Å². The molecule has 3 aliphatic rings. The van der Waals surface area contributed by atoms with Crippen LogP contribution in [0.2, 0.25) is 5.02 Å². The minimum atomic E-state index is -0.119. The van der Waals surface area contributed by atoms with Crippen LogP contribution in [0.4, 0.5) is 5.82 Å². The maximum absolute atomic E-state index is 13.5. The number of anilines is 1. The van der Waals surface area contributed by atoms with Crippen LogP contribution in [0.5, 0.6) is 0 Å². The third-order valence-corrected chi connectivity index (χ3v) is 10.4. The molecule has 0 aliphatic carbocycles. The summed E-state index contributed by atoms with van der Waals surface area (Å²) < 4.78 is 13.1. The summed E-state index contributed by atoms with van der Waals surface area (Å²) in [4.78, 5) is 30.4. The lowest BCUT2D eigenvalue weighted by Crippen LogP contribution is -2.50. The second-order valence-corrected chi connectivity index (χ2v) is 13.0. The lowest BCUT2D eigenvalue weighted by atomic mass is 9.73. The third kappa shape index (κ3) is 5.17. The van der Waals surface area contributed by atoms with E-state index in [-0.39, 0.29) is 28.5 Å². The van der Waals surface area contributed by atoms with Crippen molar-refractivity contribution in [1.82, 2.24) is 19.5 Å². The number of halogens is 1. The molecule has 2 N–H and O–H groups in total. The number of nitrogens with two attached hydrogens (primary N) is 1. The number of hydrogen-bond acceptors (Lipinski definition) is 9. The Bertz CT molecular complexity index is 1400. The Morgan fingerprint density at radius 1 is 1.13 bits per heavy atom. The van der Waals surface area contributed by atoms with Crippen molar-refractivity contribution >= 4 is 40.1 Å². The summed E-state index contributed by atoms with van der Waals surface area (Å²) in [7, 11) is 0. The minimum absolute atomic E-state index is 0.00211. The number of benzene rings is 1. The normalized spacial score (nSPS) is 24.5. The van der Waals surface area contributed by atoms with Gasteiger partial charge < -0.3 is 20.1 Å². The van der Waals surface area contributed by atoms with Gasteiger partial charge in [-0.2, -0.15) is 0 Å². The highest BCUT2D eigenvalue weighted by Crippen LogP contribution is 2.42. The minimum Gasteiger partial charge on any atom is -0.381 e. The van der Waals surface area contributed by atoms with Gasteiger partial charge in [0.2, 0.25) is 0 Å². The van der Waals surface area contributed by atoms with E-state index in [2.05, 4.69) is 28.7 Å². The maximum Gasteiger partial charge on any atom is 0.262 e. The molecule has 9 nitrogen and oxygen atoms in total. The van der Waals surface area contributed by atoms with Crippen molar-refractivity contribution in [3.8, 4) is 0 Å². The molecule has 2 aromatic heterocycles. The van der Waals surface area contributed by atoms with Crippen LogP contribution in [0.3, 0.4) is 0 Å². The van der Waals surface area contributed by atoms with E-state index in [1.807, 2.05) is 18.3 Å². The number of piperidine rings is 1. The highest BCUT2D eigenvalue weighted by Gasteiger charge is 2.47. The molecule has 0 bridgehead atoms. The van der Waals surface area contributed by atoms with Gasteiger partial charge in [0, 0.05) is 49.2 Å². The number of nitrogens with zero attached hydrogens (tertiary/aromatic N) is 5. The standard InChI is InChI=1S/C28H35ClN6O3S/c1-18-25(30)28(16-38-18)5-9-34(10-6-28)21-13-32-22(14-31-21)39-20-4-3-19-23(24(20)29)26(36)35(17-33-19)15-27(2)7-11-37-12-8-27/h3-4,13-14,17-18,25H,5-12,15-16,30H2,1-2H3/t18-,25+/m0/s1. The molecule has 3 aromatic rings. The largest absolute Gasteiger partial charge is 0.381 e. The van der Waals surface area contributed by atoms with Crippen molar-refractivity contribution in [2.24, 2.45) is 16.6 Å². The summed E-state index contributed by atoms with van der Waals surface area (Å²) >= 11 is 8.21. The van der Waals surface area contributed by atoms with Gasteiger partial charge in [-0.1, -0.05) is 30.3 Å². The average Bonchev–Trinajstić information content (AvgIpc) is 3.21. The molecule has 3 fully saturated rings. The molecule has 0 unspecified atom stereocenters. The van der Waals surface area contributed by atoms with Crippen molar-refractivity contribution in [1.29, 1.82) is 0 Å². The molecule has 0 saturated carbocycles. The predicted octanol–water partition coefficient (Wildman–Crippen LogP) is 4.14. The summed E-state index contributed by atoms with van der Waals surface area (Å²) in [5.41, 5.74) is 7.00. The van der Waals surface area contributed by atoms with Crippen LogP contribution in [0.15, 0.2) is 45.6 Å². The maximum atomic E-state index is 13.5. The molecule has 208 valence electrons. The zero-order valence-electron chi connectivity index (χ0n) is 22.4. The molecule has 39 heavy (non-hydrogen) atoms. The topological polar surface area (TPSA) is 108 Å². The van der Waals surface area contributed by atoms with Gasteiger partial charge in [-0.05, 0) is 50.2 Å². The summed E-state index contributed by atoms with van der Waals surface area (Å²) in [5, 5.41) is 1.56. The van der Waals surface area contributed by atoms with Crippen LogP contribution in [0, 0.1) is 10.8 Å². The SMILES string of the molecule is C[C@@H]1OCC2(CCN(c3cnc(Sc4ccc5ncn(CC6(C)CCOCC6)c(=O)c5c4Cl)cn3)CC2)[C@@H]1N. The molecule has 3 aliphatic heterocycles. The van der Waals surface area contributed by atoms with E-state index in [4.69, 9.17) is 31.8 Å². The number of fused-ring (bicyclic) bond motifs is 1. The summed E-state index contributed by atoms with van der Waals surface area (Å²) in [6.07, 6.45) is 9.13. The summed E-state index contributed by atoms with van der Waals surface area (Å²) in [6, 6.07) is 3.81. The summed E-state index contributed by atoms with van der Waals surface area (Å²) in [6.45, 7) is 8.79. The van der Waals surface area contributed by atoms with Crippen LogP contribution >= 0.6 is 23.4 Å². The zero-order chi connectivity index (χ0) is 27.2. The van der Waals surface area contributed by atoms with Crippen LogP contribution in [-0.2, 0) is 16.0 Å². The first-order chi connectivity index (χ1) is 18.8. The Hall–Kier alpha value is -2.24. The Kier molecular flexibility index (Phi) is 7.35. The van der Waals surface area contributed by atoms with Gasteiger partial charge in [-0.3, -0.25) is 9.36 Å². The van der Waals surface area contributed by atoms with E-state index in [1.165, 1.54) is 11.8 Å². The monoisotopic (exact) mass is 570 g/mol. The van der Waals surface area contributed by atoms with E-state index < -0.39 is 0 Å². The van der Waals surface area contributed by atoms with Crippen LogP contribution in [0.25, 0.3) is 10.9 Å². The first-order valence-electron chi connectivity index (χ1n) is 13.6. The highest BCUT2D eigenvalue weighted by atomic mass is 35.5. The van der Waals surface area contributed by atoms with Crippen LogP contribution < -0.4 is 16.2 Å². The fourth-order valence-corrected chi connectivity index (χ4v) is 7.22.